The minimum absolute atomic E-state index is 0.0329. The number of ether oxygens (including phenoxy) is 5. The third kappa shape index (κ3) is 26.1. The maximum atomic E-state index is 12.9. The molecular weight excluding hydrogens is 1580 g/mol. The van der Waals surface area contributed by atoms with Crippen molar-refractivity contribution in [3.63, 3.8) is 0 Å². The normalized spacial score (nSPS) is 24.5. The van der Waals surface area contributed by atoms with Gasteiger partial charge in [-0.2, -0.15) is 40.8 Å². The molecule has 15 heterocycles. The summed E-state index contributed by atoms with van der Waals surface area (Å²) in [5.41, 5.74) is 5.45. The van der Waals surface area contributed by atoms with E-state index in [2.05, 4.69) is 148 Å². The van der Waals surface area contributed by atoms with Crippen LogP contribution in [0.3, 0.4) is 0 Å². The lowest BCUT2D eigenvalue weighted by Gasteiger charge is -2.39. The van der Waals surface area contributed by atoms with Gasteiger partial charge in [-0.15, -0.1) is 0 Å². The number of benzene rings is 1. The predicted octanol–water partition coefficient (Wildman–Crippen LogP) is 17.5. The third-order valence-corrected chi connectivity index (χ3v) is 22.7. The number of carbonyl (C=O) groups is 3. The quantitative estimate of drug-likeness (QED) is 0.0593. The number of H-pyrrole nitrogens is 3. The molecule has 7 fully saturated rings. The molecule has 9 aromatic rings. The molecule has 0 spiro atoms. The van der Waals surface area contributed by atoms with Crippen LogP contribution >= 0.6 is 22.6 Å². The molecule has 12 atom stereocenters. The zero-order chi connectivity index (χ0) is 82.5. The molecule has 1 aromatic carbocycles. The molecule has 2 unspecified atom stereocenters. The van der Waals surface area contributed by atoms with Crippen LogP contribution in [-0.2, 0) is 30.2 Å². The highest BCUT2D eigenvalue weighted by Gasteiger charge is 2.38. The molecule has 30 heteroatoms. The number of nitrogens with zero attached hydrogens (tertiary/aromatic N) is 16. The van der Waals surface area contributed by atoms with Crippen molar-refractivity contribution in [2.24, 2.45) is 29.6 Å². The Labute approximate surface area is 698 Å². The Hall–Kier alpha value is -8.72. The van der Waals surface area contributed by atoms with Crippen LogP contribution in [0.4, 0.5) is 14.4 Å². The number of nitrogens with one attached hydrogen (secondary N) is 5. The van der Waals surface area contributed by atoms with Gasteiger partial charge >= 0.3 is 18.3 Å². The number of aromatic nitrogens is 16. The van der Waals surface area contributed by atoms with E-state index in [1.54, 1.807) is 18.6 Å². The molecule has 0 radical (unpaired) electrons. The van der Waals surface area contributed by atoms with Gasteiger partial charge in [-0.05, 0) is 242 Å². The van der Waals surface area contributed by atoms with Crippen molar-refractivity contribution >= 4 is 40.9 Å². The number of piperidine rings is 5. The number of hydrogen-bond acceptors (Lipinski definition) is 18. The summed E-state index contributed by atoms with van der Waals surface area (Å²) in [5.74, 6) is 4.84. The monoisotopic (exact) mass is 1710 g/mol. The zero-order valence-electron chi connectivity index (χ0n) is 70.8. The molecule has 0 bridgehead atoms. The molecule has 632 valence electrons. The van der Waals surface area contributed by atoms with Gasteiger partial charge in [-0.25, -0.2) is 33.1 Å². The molecule has 0 aliphatic carbocycles. The predicted molar refractivity (Wildman–Crippen MR) is 453 cm³/mol. The van der Waals surface area contributed by atoms with Crippen molar-refractivity contribution in [1.82, 2.24) is 105 Å². The molecule has 3 amide bonds. The van der Waals surface area contributed by atoms with Crippen LogP contribution < -0.4 is 10.6 Å². The molecular formula is C86H128IN21O8. The van der Waals surface area contributed by atoms with Gasteiger partial charge in [0.1, 0.15) is 26.3 Å². The van der Waals surface area contributed by atoms with Crippen molar-refractivity contribution in [2.45, 2.75) is 266 Å². The van der Waals surface area contributed by atoms with Crippen molar-refractivity contribution in [3.8, 4) is 11.6 Å². The van der Waals surface area contributed by atoms with E-state index in [1.807, 2.05) is 186 Å². The van der Waals surface area contributed by atoms with E-state index in [0.717, 1.165) is 154 Å². The van der Waals surface area contributed by atoms with Gasteiger partial charge < -0.3 is 49.0 Å². The van der Waals surface area contributed by atoms with Crippen molar-refractivity contribution < 1.29 is 38.1 Å². The van der Waals surface area contributed by atoms with Gasteiger partial charge in [0, 0.05) is 116 Å². The van der Waals surface area contributed by atoms with Crippen LogP contribution in [0.25, 0.3) is 11.6 Å². The zero-order valence-corrected chi connectivity index (χ0v) is 73.0. The molecule has 7 aliphatic heterocycles. The number of likely N-dealkylation sites (tertiary alicyclic amines) is 3. The molecule has 5 N–H and O–H groups in total. The lowest BCUT2D eigenvalue weighted by molar-refractivity contribution is -0.0410. The highest BCUT2D eigenvalue weighted by molar-refractivity contribution is 14.1. The largest absolute Gasteiger partial charge is 0.444 e. The van der Waals surface area contributed by atoms with Gasteiger partial charge in [-0.1, -0.05) is 65.0 Å². The lowest BCUT2D eigenvalue weighted by Crippen LogP contribution is -2.44. The van der Waals surface area contributed by atoms with E-state index >= 15 is 0 Å². The Bertz CT molecular complexity index is 4330. The van der Waals surface area contributed by atoms with E-state index in [4.69, 9.17) is 23.7 Å². The Morgan fingerprint density at radius 3 is 1.40 bits per heavy atom. The van der Waals surface area contributed by atoms with E-state index in [0.29, 0.717) is 36.4 Å². The molecule has 16 rings (SSSR count). The highest BCUT2D eigenvalue weighted by atomic mass is 127. The fraction of sp³-hybridized carbons (Fsp3) is 0.616. The number of aromatic amines is 3. The number of carbonyl (C=O) groups excluding carboxylic acids is 3. The van der Waals surface area contributed by atoms with E-state index in [1.165, 1.54) is 55.2 Å². The number of halogens is 1. The molecule has 8 aromatic heterocycles. The summed E-state index contributed by atoms with van der Waals surface area (Å²) in [6, 6.07) is 17.2. The van der Waals surface area contributed by atoms with Crippen molar-refractivity contribution in [2.75, 3.05) is 45.9 Å². The number of hydrogen-bond donors (Lipinski definition) is 5. The van der Waals surface area contributed by atoms with Crippen LogP contribution in [0.2, 0.25) is 0 Å². The smallest absolute Gasteiger partial charge is 0.410 e. The second-order valence-electron chi connectivity index (χ2n) is 35.6. The van der Waals surface area contributed by atoms with Gasteiger partial charge in [0.15, 0.2) is 18.3 Å². The Morgan fingerprint density at radius 1 is 0.457 bits per heavy atom. The van der Waals surface area contributed by atoms with Crippen molar-refractivity contribution in [1.29, 1.82) is 0 Å². The molecule has 29 nitrogen and oxygen atoms in total. The average Bonchev–Trinajstić information content (AvgIpc) is 1.55. The van der Waals surface area contributed by atoms with Gasteiger partial charge in [0.05, 0.1) is 74.2 Å². The first kappa shape index (κ1) is 88.1. The Morgan fingerprint density at radius 2 is 0.922 bits per heavy atom. The molecule has 7 saturated heterocycles. The SMILES string of the molecule is C[C@@H]1CC[C@@H](c2cn[nH]c2)N(C(=O)OC(C)(C)C)C1.C[C@@H]1CC[C@@H](c2cn[nH]c2)NC1.C[C@@H]1CC[C@@H](c2cnn(-c3ccn[nH]3)c2)NC1.C[C@@H]1CC[C@@H](c2cnn(-c3ccnn3C3CCCCO3)c2)N(C(=O)OC(C)(C)C)C1.C[C@@H]1CC[C@@H](c2cnn(Cc3ccccc3)c2)N(C(=O)OC(C)(C)C)C1.Ic1ccnn1C1CCCCO1. The third-order valence-electron chi connectivity index (χ3n) is 21.8. The summed E-state index contributed by atoms with van der Waals surface area (Å²) in [4.78, 5) is 43.5. The average molecular weight is 1710 g/mol. The summed E-state index contributed by atoms with van der Waals surface area (Å²) < 4.78 is 39.0. The second-order valence-corrected chi connectivity index (χ2v) is 36.7. The van der Waals surface area contributed by atoms with Gasteiger partial charge in [-0.3, -0.25) is 20.0 Å². The van der Waals surface area contributed by atoms with Crippen LogP contribution in [0.5, 0.6) is 0 Å². The summed E-state index contributed by atoms with van der Waals surface area (Å²) in [5, 5.41) is 49.7. The van der Waals surface area contributed by atoms with E-state index in [-0.39, 0.29) is 48.9 Å². The minimum atomic E-state index is -0.515. The first-order valence-corrected chi connectivity index (χ1v) is 43.2. The van der Waals surface area contributed by atoms with E-state index in [9.17, 15) is 14.4 Å². The fourth-order valence-electron chi connectivity index (χ4n) is 15.6. The number of amides is 3. The van der Waals surface area contributed by atoms with Gasteiger partial charge in [0.2, 0.25) is 0 Å². The van der Waals surface area contributed by atoms with Crippen LogP contribution in [0.15, 0.2) is 129 Å². The molecule has 0 saturated carbocycles. The highest BCUT2D eigenvalue weighted by Crippen LogP contribution is 2.39. The Kier molecular flexibility index (Phi) is 31.6. The van der Waals surface area contributed by atoms with Crippen LogP contribution in [0, 0.1) is 33.3 Å². The summed E-state index contributed by atoms with van der Waals surface area (Å²) in [7, 11) is 0. The molecule has 7 aliphatic rings. The topological polar surface area (TPSA) is 306 Å². The second kappa shape index (κ2) is 41.6. The Balaban J connectivity index is 0.000000141. The summed E-state index contributed by atoms with van der Waals surface area (Å²) >= 11 is 2.28. The van der Waals surface area contributed by atoms with Crippen LogP contribution in [0.1, 0.15) is 276 Å². The maximum Gasteiger partial charge on any atom is 0.410 e. The first-order valence-electron chi connectivity index (χ1n) is 42.1. The molecule has 116 heavy (non-hydrogen) atoms. The lowest BCUT2D eigenvalue weighted by atomic mass is 9.91. The van der Waals surface area contributed by atoms with E-state index < -0.39 is 16.8 Å². The fourth-order valence-corrected chi connectivity index (χ4v) is 16.2. The summed E-state index contributed by atoms with van der Waals surface area (Å²) in [6.45, 7) is 35.0. The maximum absolute atomic E-state index is 12.9. The first-order chi connectivity index (χ1) is 55.6. The minimum Gasteiger partial charge on any atom is -0.444 e. The van der Waals surface area contributed by atoms with Gasteiger partial charge in [0.25, 0.3) is 0 Å². The standard InChI is InChI=1S/C22H33N5O3.C21H29N3O2.C14H23N3O2.C12H17N5.C9H15N3.C8H11IN2O/c1-16-8-9-18(25(14-16)21(28)30-22(2,3)4)17-13-24-26(15-17)19-10-11-23-27(19)20-7-5-6-12-29-20;1-16-10-11-19(24(13-16)20(25)26-21(2,3)4)18-12-22-23(15-18)14-17-8-6-5-7-9-17;1-10-5-6-12(11-7-15-16-8-11)17(9-10)13(18)19-14(2,3)4;1-9-2-3-11(13-6-9)10-7-15-17(8-10)12-4-5-14-16-12;1-7-2-3-9(10-4-7)8-5-11-12-6-8;9-7-4-5-10-11(7)8-3-1-2-6-12-8/h10-11,13,15-16,18,20H,5-9,12,14H2,1-4H3;5-9,12,15-16,19H,10-11,13-14H2,1-4H3;7-8,10,12H,5-6,9H2,1-4H3,(H,15,16);4-5,7-9,11,13H,2-3,6H2,1H3,(H,14,16);5-7,9-10H,2-4H2,1H3,(H,11,12);4-5,8H,1-3,6H2/t16-,18+,20?;16-,19+;10-,12+;9-,11+;7-,9+;/m11111./s1. The summed E-state index contributed by atoms with van der Waals surface area (Å²) in [6.07, 6.45) is 42.0. The van der Waals surface area contributed by atoms with Crippen molar-refractivity contribution in [3.05, 3.63) is 166 Å². The van der Waals surface area contributed by atoms with Crippen LogP contribution in [-0.4, -0.2) is 175 Å². The number of rotatable bonds is 11.